The number of benzene rings is 1. The van der Waals surface area contributed by atoms with Crippen LogP contribution in [0.15, 0.2) is 12.1 Å². The van der Waals surface area contributed by atoms with E-state index in [0.29, 0.717) is 0 Å². The van der Waals surface area contributed by atoms with Gasteiger partial charge in [-0.15, -0.1) is 0 Å². The third kappa shape index (κ3) is 1.31. The number of methoxy groups -OCH3 is 1. The van der Waals surface area contributed by atoms with Gasteiger partial charge < -0.3 is 4.74 Å². The summed E-state index contributed by atoms with van der Waals surface area (Å²) in [7, 11) is 1.30. The third-order valence-corrected chi connectivity index (χ3v) is 1.46. The van der Waals surface area contributed by atoms with Gasteiger partial charge in [-0.1, -0.05) is 6.07 Å². The van der Waals surface area contributed by atoms with Crippen molar-refractivity contribution in [2.24, 2.45) is 0 Å². The zero-order chi connectivity index (χ0) is 8.43. The van der Waals surface area contributed by atoms with Gasteiger partial charge in [-0.3, -0.25) is 0 Å². The van der Waals surface area contributed by atoms with Crippen molar-refractivity contribution in [3.63, 3.8) is 0 Å². The van der Waals surface area contributed by atoms with Crippen LogP contribution in [0.2, 0.25) is 0 Å². The Kier molecular flexibility index (Phi) is 2.08. The van der Waals surface area contributed by atoms with Gasteiger partial charge >= 0.3 is 0 Å². The molecule has 0 aliphatic carbocycles. The molecule has 11 heavy (non-hydrogen) atoms. The highest BCUT2D eigenvalue weighted by Crippen LogP contribution is 2.21. The fourth-order valence-corrected chi connectivity index (χ4v) is 0.786. The molecule has 0 aromatic heterocycles. The highest BCUT2D eigenvalue weighted by atomic mass is 19.2. The highest BCUT2D eigenvalue weighted by molar-refractivity contribution is 5.29. The lowest BCUT2D eigenvalue weighted by molar-refractivity contribution is 0.371. The van der Waals surface area contributed by atoms with Crippen molar-refractivity contribution in [2.75, 3.05) is 7.11 Å². The fourth-order valence-electron chi connectivity index (χ4n) is 0.786. The van der Waals surface area contributed by atoms with Crippen LogP contribution in [-0.2, 0) is 0 Å². The molecule has 0 atom stereocenters. The first-order valence-corrected chi connectivity index (χ1v) is 3.15. The van der Waals surface area contributed by atoms with Gasteiger partial charge in [-0.25, -0.2) is 4.39 Å². The van der Waals surface area contributed by atoms with E-state index in [1.54, 1.807) is 0 Å². The monoisotopic (exact) mass is 158 g/mol. The van der Waals surface area contributed by atoms with Crippen LogP contribution in [0.1, 0.15) is 5.56 Å². The van der Waals surface area contributed by atoms with Gasteiger partial charge in [0, 0.05) is 0 Å². The van der Waals surface area contributed by atoms with Crippen LogP contribution in [0.4, 0.5) is 8.78 Å². The largest absolute Gasteiger partial charge is 0.494 e. The summed E-state index contributed by atoms with van der Waals surface area (Å²) in [4.78, 5) is 0. The lowest BCUT2D eigenvalue weighted by Crippen LogP contribution is -1.93. The van der Waals surface area contributed by atoms with Gasteiger partial charge in [0.25, 0.3) is 0 Å². The van der Waals surface area contributed by atoms with E-state index in [0.717, 1.165) is 0 Å². The summed E-state index contributed by atoms with van der Waals surface area (Å²) in [6.45, 7) is 1.50. The van der Waals surface area contributed by atoms with E-state index < -0.39 is 11.6 Å². The lowest BCUT2D eigenvalue weighted by atomic mass is 10.2. The van der Waals surface area contributed by atoms with Crippen LogP contribution in [-0.4, -0.2) is 7.11 Å². The molecule has 0 N–H and O–H groups in total. The van der Waals surface area contributed by atoms with Crippen LogP contribution in [0, 0.1) is 18.6 Å². The van der Waals surface area contributed by atoms with Crippen LogP contribution in [0.25, 0.3) is 0 Å². The normalized spacial score (nSPS) is 9.82. The van der Waals surface area contributed by atoms with Crippen molar-refractivity contribution in [1.29, 1.82) is 0 Å². The van der Waals surface area contributed by atoms with Gasteiger partial charge in [0.2, 0.25) is 5.82 Å². The van der Waals surface area contributed by atoms with Crippen LogP contribution in [0.5, 0.6) is 5.75 Å². The van der Waals surface area contributed by atoms with E-state index in [1.165, 1.54) is 26.2 Å². The molecule has 0 aliphatic rings. The van der Waals surface area contributed by atoms with Crippen LogP contribution >= 0.6 is 0 Å². The molecule has 0 fully saturated rings. The molecule has 1 aromatic rings. The van der Waals surface area contributed by atoms with Gasteiger partial charge in [0.15, 0.2) is 11.6 Å². The molecule has 1 nitrogen and oxygen atoms in total. The maximum absolute atomic E-state index is 12.8. The first-order chi connectivity index (χ1) is 5.16. The Hall–Kier alpha value is -1.12. The molecule has 0 saturated heterocycles. The molecule has 0 bridgehead atoms. The molecule has 0 amide bonds. The van der Waals surface area contributed by atoms with Crippen molar-refractivity contribution in [3.8, 4) is 5.75 Å². The SMILES string of the molecule is COc1ccc(C)c(F)c1F. The molecule has 0 heterocycles. The van der Waals surface area contributed by atoms with Gasteiger partial charge in [0.05, 0.1) is 7.11 Å². The van der Waals surface area contributed by atoms with E-state index in [4.69, 9.17) is 0 Å². The molecule has 0 radical (unpaired) electrons. The number of halogens is 2. The predicted molar refractivity (Wildman–Crippen MR) is 37.6 cm³/mol. The summed E-state index contributed by atoms with van der Waals surface area (Å²) in [5.74, 6) is -1.83. The smallest absolute Gasteiger partial charge is 0.200 e. The number of hydrogen-bond donors (Lipinski definition) is 0. The molecule has 1 aromatic carbocycles. The van der Waals surface area contributed by atoms with E-state index in [9.17, 15) is 8.78 Å². The summed E-state index contributed by atoms with van der Waals surface area (Å²) in [5, 5.41) is 0. The lowest BCUT2D eigenvalue weighted by Gasteiger charge is -2.03. The standard InChI is InChI=1S/C8H8F2O/c1-5-3-4-6(11-2)8(10)7(5)9/h3-4H,1-2H3. The second-order valence-electron chi connectivity index (χ2n) is 2.21. The first kappa shape index (κ1) is 7.98. The second-order valence-corrected chi connectivity index (χ2v) is 2.21. The molecule has 0 saturated carbocycles. The Labute approximate surface area is 63.6 Å². The molecule has 0 unspecified atom stereocenters. The minimum atomic E-state index is -0.924. The zero-order valence-corrected chi connectivity index (χ0v) is 6.32. The van der Waals surface area contributed by atoms with E-state index in [1.807, 2.05) is 0 Å². The average Bonchev–Trinajstić information content (AvgIpc) is 2.01. The van der Waals surface area contributed by atoms with E-state index in [-0.39, 0.29) is 11.3 Å². The minimum Gasteiger partial charge on any atom is -0.494 e. The third-order valence-electron chi connectivity index (χ3n) is 1.46. The first-order valence-electron chi connectivity index (χ1n) is 3.15. The quantitative estimate of drug-likeness (QED) is 0.609. The Bertz CT molecular complexity index is 271. The summed E-state index contributed by atoms with van der Waals surface area (Å²) in [5.41, 5.74) is 0.281. The molecule has 0 aliphatic heterocycles. The van der Waals surface area contributed by atoms with E-state index in [2.05, 4.69) is 4.74 Å². The topological polar surface area (TPSA) is 9.23 Å². The molecule has 60 valence electrons. The maximum Gasteiger partial charge on any atom is 0.200 e. The maximum atomic E-state index is 12.8. The Morgan fingerprint density at radius 1 is 1.18 bits per heavy atom. The number of ether oxygens (including phenoxy) is 1. The number of aryl methyl sites for hydroxylation is 1. The van der Waals surface area contributed by atoms with Gasteiger partial charge in [0.1, 0.15) is 0 Å². The summed E-state index contributed by atoms with van der Waals surface area (Å²) >= 11 is 0. The van der Waals surface area contributed by atoms with Crippen molar-refractivity contribution >= 4 is 0 Å². The van der Waals surface area contributed by atoms with Crippen LogP contribution < -0.4 is 4.74 Å². The Balaban J connectivity index is 3.25. The number of hydrogen-bond acceptors (Lipinski definition) is 1. The molecule has 1 rings (SSSR count). The zero-order valence-electron chi connectivity index (χ0n) is 6.32. The average molecular weight is 158 g/mol. The van der Waals surface area contributed by atoms with Crippen LogP contribution in [0.3, 0.4) is 0 Å². The molecular weight excluding hydrogens is 150 g/mol. The summed E-state index contributed by atoms with van der Waals surface area (Å²) < 4.78 is 30.1. The minimum absolute atomic E-state index is 0.0619. The molecular formula is C8H8F2O. The highest BCUT2D eigenvalue weighted by Gasteiger charge is 2.09. The second kappa shape index (κ2) is 2.86. The fraction of sp³-hybridized carbons (Fsp3) is 0.250. The van der Waals surface area contributed by atoms with E-state index >= 15 is 0 Å². The Morgan fingerprint density at radius 3 is 2.36 bits per heavy atom. The molecule has 0 spiro atoms. The molecule has 3 heteroatoms. The summed E-state index contributed by atoms with van der Waals surface area (Å²) in [6, 6.07) is 2.87. The van der Waals surface area contributed by atoms with Gasteiger partial charge in [-0.2, -0.15) is 4.39 Å². The number of rotatable bonds is 1. The van der Waals surface area contributed by atoms with Gasteiger partial charge in [-0.05, 0) is 18.6 Å². The predicted octanol–water partition coefficient (Wildman–Crippen LogP) is 2.28. The van der Waals surface area contributed by atoms with Crippen molar-refractivity contribution in [2.45, 2.75) is 6.92 Å². The Morgan fingerprint density at radius 2 is 1.82 bits per heavy atom. The summed E-state index contributed by atoms with van der Waals surface area (Å²) in [6.07, 6.45) is 0. The van der Waals surface area contributed by atoms with Crippen molar-refractivity contribution < 1.29 is 13.5 Å². The van der Waals surface area contributed by atoms with Crippen molar-refractivity contribution in [1.82, 2.24) is 0 Å². The van der Waals surface area contributed by atoms with Crippen molar-refractivity contribution in [3.05, 3.63) is 29.3 Å².